The van der Waals surface area contributed by atoms with Crippen molar-refractivity contribution < 1.29 is 8.42 Å². The topological polar surface area (TPSA) is 62.3 Å². The summed E-state index contributed by atoms with van der Waals surface area (Å²) in [6.45, 7) is 4.72. The summed E-state index contributed by atoms with van der Waals surface area (Å²) in [6, 6.07) is 3.82. The van der Waals surface area contributed by atoms with E-state index in [-0.39, 0.29) is 0 Å². The molecule has 0 aromatic carbocycles. The highest BCUT2D eigenvalue weighted by Crippen LogP contribution is 2.15. The Labute approximate surface area is 103 Å². The third-order valence-corrected chi connectivity index (χ3v) is 3.56. The Bertz CT molecular complexity index is 471. The number of hydrogen-bond donors (Lipinski definition) is 1. The van der Waals surface area contributed by atoms with E-state index in [1.807, 2.05) is 13.8 Å². The number of nitrogens with zero attached hydrogens (tertiary/aromatic N) is 2. The zero-order valence-electron chi connectivity index (χ0n) is 10.6. The summed E-state index contributed by atoms with van der Waals surface area (Å²) in [5.74, 6) is 0. The van der Waals surface area contributed by atoms with Gasteiger partial charge in [-0.25, -0.2) is 8.42 Å². The molecule has 0 unspecified atom stereocenters. The average Bonchev–Trinajstić information content (AvgIpc) is 2.24. The number of aromatic nitrogens is 1. The van der Waals surface area contributed by atoms with Crippen molar-refractivity contribution in [2.45, 2.75) is 26.4 Å². The fourth-order valence-electron chi connectivity index (χ4n) is 1.26. The van der Waals surface area contributed by atoms with Gasteiger partial charge in [-0.05, 0) is 12.1 Å². The molecule has 17 heavy (non-hydrogen) atoms. The zero-order chi connectivity index (χ0) is 13.1. The molecule has 1 rings (SSSR count). The highest BCUT2D eigenvalue weighted by atomic mass is 32.2. The van der Waals surface area contributed by atoms with Gasteiger partial charge in [-0.2, -0.15) is 0 Å². The summed E-state index contributed by atoms with van der Waals surface area (Å²) in [4.78, 5) is 4.19. The van der Waals surface area contributed by atoms with Gasteiger partial charge in [-0.15, -0.1) is 0 Å². The molecule has 0 radical (unpaired) electrons. The number of sulfonamides is 1. The minimum atomic E-state index is -3.22. The van der Waals surface area contributed by atoms with Gasteiger partial charge in [-0.3, -0.25) is 9.29 Å². The first-order chi connectivity index (χ1) is 7.80. The molecule has 0 spiro atoms. The molecule has 0 saturated carbocycles. The normalized spacial score (nSPS) is 11.8. The molecule has 0 atom stereocenters. The highest BCUT2D eigenvalue weighted by molar-refractivity contribution is 7.92. The van der Waals surface area contributed by atoms with Crippen molar-refractivity contribution in [1.29, 1.82) is 0 Å². The van der Waals surface area contributed by atoms with E-state index < -0.39 is 10.0 Å². The van der Waals surface area contributed by atoms with Gasteiger partial charge in [0.25, 0.3) is 0 Å². The number of rotatable bonds is 5. The summed E-state index contributed by atoms with van der Waals surface area (Å²) >= 11 is 0. The largest absolute Gasteiger partial charge is 0.309 e. The second kappa shape index (κ2) is 5.46. The van der Waals surface area contributed by atoms with Gasteiger partial charge >= 0.3 is 0 Å². The highest BCUT2D eigenvalue weighted by Gasteiger charge is 2.12. The van der Waals surface area contributed by atoms with Gasteiger partial charge in [0.1, 0.15) is 0 Å². The quantitative estimate of drug-likeness (QED) is 0.854. The van der Waals surface area contributed by atoms with Crippen LogP contribution in [0.5, 0.6) is 0 Å². The molecule has 1 N–H and O–H groups in total. The van der Waals surface area contributed by atoms with Crippen molar-refractivity contribution in [3.63, 3.8) is 0 Å². The van der Waals surface area contributed by atoms with Crippen LogP contribution < -0.4 is 9.62 Å². The van der Waals surface area contributed by atoms with E-state index in [1.54, 1.807) is 18.3 Å². The predicted octanol–water partition coefficient (Wildman–Crippen LogP) is 0.975. The van der Waals surface area contributed by atoms with E-state index in [1.165, 1.54) is 17.6 Å². The Morgan fingerprint density at radius 1 is 1.47 bits per heavy atom. The lowest BCUT2D eigenvalue weighted by Gasteiger charge is -2.17. The molecule has 0 aliphatic heterocycles. The Morgan fingerprint density at radius 2 is 2.12 bits per heavy atom. The first-order valence-electron chi connectivity index (χ1n) is 5.43. The molecule has 0 bridgehead atoms. The number of anilines is 1. The van der Waals surface area contributed by atoms with Gasteiger partial charge in [0.05, 0.1) is 17.6 Å². The van der Waals surface area contributed by atoms with Crippen LogP contribution in [0.1, 0.15) is 19.5 Å². The molecule has 0 aliphatic carbocycles. The van der Waals surface area contributed by atoms with Crippen molar-refractivity contribution in [3.05, 3.63) is 24.0 Å². The van der Waals surface area contributed by atoms with Crippen LogP contribution in [0.25, 0.3) is 0 Å². The van der Waals surface area contributed by atoms with Crippen LogP contribution in [-0.4, -0.2) is 32.7 Å². The molecule has 1 aromatic heterocycles. The standard InChI is InChI=1S/C11H19N3O2S/c1-9(2)13-8-10-7-11(5-6-12-10)14(3)17(4,15)16/h5-7,9,13H,8H2,1-4H3. The molecular formula is C11H19N3O2S. The van der Waals surface area contributed by atoms with Gasteiger partial charge in [0.15, 0.2) is 0 Å². The Balaban J connectivity index is 2.86. The maximum absolute atomic E-state index is 11.4. The van der Waals surface area contributed by atoms with Crippen LogP contribution in [0, 0.1) is 0 Å². The molecule has 0 amide bonds. The fourth-order valence-corrected chi connectivity index (χ4v) is 1.75. The molecule has 0 fully saturated rings. The minimum Gasteiger partial charge on any atom is -0.309 e. The smallest absolute Gasteiger partial charge is 0.231 e. The fraction of sp³-hybridized carbons (Fsp3) is 0.545. The maximum Gasteiger partial charge on any atom is 0.231 e. The van der Waals surface area contributed by atoms with Crippen molar-refractivity contribution in [2.75, 3.05) is 17.6 Å². The monoisotopic (exact) mass is 257 g/mol. The van der Waals surface area contributed by atoms with E-state index in [9.17, 15) is 8.42 Å². The summed E-state index contributed by atoms with van der Waals surface area (Å²) in [7, 11) is -1.69. The number of pyridine rings is 1. The van der Waals surface area contributed by atoms with E-state index >= 15 is 0 Å². The van der Waals surface area contributed by atoms with Crippen LogP contribution in [-0.2, 0) is 16.6 Å². The first-order valence-corrected chi connectivity index (χ1v) is 7.27. The number of hydrogen-bond acceptors (Lipinski definition) is 4. The molecule has 6 heteroatoms. The molecule has 0 saturated heterocycles. The van der Waals surface area contributed by atoms with Gasteiger partial charge in [-0.1, -0.05) is 13.8 Å². The van der Waals surface area contributed by atoms with Crippen LogP contribution in [0.3, 0.4) is 0 Å². The third kappa shape index (κ3) is 4.32. The van der Waals surface area contributed by atoms with Crippen LogP contribution in [0.4, 0.5) is 5.69 Å². The second-order valence-electron chi connectivity index (χ2n) is 4.27. The molecular weight excluding hydrogens is 238 g/mol. The molecule has 5 nitrogen and oxygen atoms in total. The Kier molecular flexibility index (Phi) is 4.47. The zero-order valence-corrected chi connectivity index (χ0v) is 11.5. The van der Waals surface area contributed by atoms with Crippen LogP contribution in [0.15, 0.2) is 18.3 Å². The van der Waals surface area contributed by atoms with Crippen molar-refractivity contribution in [3.8, 4) is 0 Å². The summed E-state index contributed by atoms with van der Waals surface area (Å²) in [5.41, 5.74) is 1.45. The second-order valence-corrected chi connectivity index (χ2v) is 6.29. The first kappa shape index (κ1) is 13.9. The van der Waals surface area contributed by atoms with Gasteiger partial charge in [0.2, 0.25) is 10.0 Å². The lowest BCUT2D eigenvalue weighted by Crippen LogP contribution is -2.26. The Hall–Kier alpha value is -1.14. The van der Waals surface area contributed by atoms with Crippen molar-refractivity contribution in [2.24, 2.45) is 0 Å². The average molecular weight is 257 g/mol. The molecule has 0 aliphatic rings. The summed E-state index contributed by atoms with van der Waals surface area (Å²) in [5, 5.41) is 3.24. The predicted molar refractivity (Wildman–Crippen MR) is 69.5 cm³/mol. The SMILES string of the molecule is CC(C)NCc1cc(N(C)S(C)(=O)=O)ccn1. The third-order valence-electron chi connectivity index (χ3n) is 2.35. The van der Waals surface area contributed by atoms with Crippen molar-refractivity contribution in [1.82, 2.24) is 10.3 Å². The summed E-state index contributed by atoms with van der Waals surface area (Å²) < 4.78 is 24.0. The minimum absolute atomic E-state index is 0.369. The van der Waals surface area contributed by atoms with Crippen LogP contribution >= 0.6 is 0 Å². The molecule has 96 valence electrons. The lowest BCUT2D eigenvalue weighted by atomic mass is 10.3. The van der Waals surface area contributed by atoms with E-state index in [2.05, 4.69) is 10.3 Å². The lowest BCUT2D eigenvalue weighted by molar-refractivity contribution is 0.581. The van der Waals surface area contributed by atoms with E-state index in [0.717, 1.165) is 5.69 Å². The molecule has 1 heterocycles. The van der Waals surface area contributed by atoms with E-state index in [0.29, 0.717) is 18.3 Å². The number of nitrogens with one attached hydrogen (secondary N) is 1. The Morgan fingerprint density at radius 3 is 2.65 bits per heavy atom. The van der Waals surface area contributed by atoms with E-state index in [4.69, 9.17) is 0 Å². The van der Waals surface area contributed by atoms with Crippen LogP contribution in [0.2, 0.25) is 0 Å². The van der Waals surface area contributed by atoms with Gasteiger partial charge < -0.3 is 5.32 Å². The van der Waals surface area contributed by atoms with Gasteiger partial charge in [0, 0.05) is 25.8 Å². The maximum atomic E-state index is 11.4. The summed E-state index contributed by atoms with van der Waals surface area (Å²) in [6.07, 6.45) is 2.80. The van der Waals surface area contributed by atoms with Crippen molar-refractivity contribution >= 4 is 15.7 Å². The molecule has 1 aromatic rings.